The van der Waals surface area contributed by atoms with Gasteiger partial charge >= 0.3 is 0 Å². The number of nitrogens with zero attached hydrogens (tertiary/aromatic N) is 2. The van der Waals surface area contributed by atoms with Gasteiger partial charge in [0.15, 0.2) is 11.9 Å². The van der Waals surface area contributed by atoms with E-state index >= 15 is 0 Å². The van der Waals surface area contributed by atoms with Crippen LogP contribution in [0.15, 0.2) is 17.1 Å². The molecule has 0 saturated carbocycles. The van der Waals surface area contributed by atoms with Crippen molar-refractivity contribution in [1.82, 2.24) is 14.5 Å². The number of aliphatic hydroxyl groups excluding tert-OH is 3. The third kappa shape index (κ3) is 1.79. The Balaban J connectivity index is 2.09. The summed E-state index contributed by atoms with van der Waals surface area (Å²) in [6, 6.07) is 1.51. The van der Waals surface area contributed by atoms with Gasteiger partial charge in [0.2, 0.25) is 5.95 Å². The van der Waals surface area contributed by atoms with Gasteiger partial charge in [-0.2, -0.15) is 4.98 Å². The summed E-state index contributed by atoms with van der Waals surface area (Å²) in [6.07, 6.45) is -2.81. The minimum absolute atomic E-state index is 0.0609. The predicted molar refractivity (Wildman–Crippen MR) is 67.8 cm³/mol. The van der Waals surface area contributed by atoms with Gasteiger partial charge in [-0.1, -0.05) is 0 Å². The molecule has 3 heterocycles. The molecule has 9 heteroatoms. The monoisotopic (exact) mass is 282 g/mol. The summed E-state index contributed by atoms with van der Waals surface area (Å²) < 4.78 is 6.79. The van der Waals surface area contributed by atoms with Crippen molar-refractivity contribution in [2.24, 2.45) is 0 Å². The first-order chi connectivity index (χ1) is 9.52. The Hall–Kier alpha value is -1.94. The summed E-state index contributed by atoms with van der Waals surface area (Å²) in [5.41, 5.74) is 5.33. The van der Waals surface area contributed by atoms with Crippen LogP contribution < -0.4 is 11.3 Å². The zero-order valence-electron chi connectivity index (χ0n) is 10.3. The van der Waals surface area contributed by atoms with E-state index in [1.54, 1.807) is 0 Å². The maximum atomic E-state index is 11.7. The number of aromatic amines is 1. The molecule has 1 aliphatic heterocycles. The number of fused-ring (bicyclic) bond motifs is 1. The normalized spacial score (nSPS) is 30.1. The number of aromatic nitrogens is 3. The van der Waals surface area contributed by atoms with Crippen LogP contribution in [0.5, 0.6) is 0 Å². The zero-order valence-corrected chi connectivity index (χ0v) is 10.3. The van der Waals surface area contributed by atoms with Crippen molar-refractivity contribution in [2.45, 2.75) is 24.5 Å². The second kappa shape index (κ2) is 4.56. The van der Waals surface area contributed by atoms with Crippen molar-refractivity contribution < 1.29 is 20.1 Å². The summed E-state index contributed by atoms with van der Waals surface area (Å²) >= 11 is 0. The SMILES string of the molecule is Nc1nc2c(ccn2[C@@H]2O[C@H](CO)[C@@H](O)[C@@H]2O)c(=O)[nH]1. The Morgan fingerprint density at radius 1 is 1.45 bits per heavy atom. The molecule has 3 rings (SSSR count). The lowest BCUT2D eigenvalue weighted by atomic mass is 10.1. The second-order valence-corrected chi connectivity index (χ2v) is 4.64. The summed E-state index contributed by atoms with van der Waals surface area (Å²) in [5, 5.41) is 29.1. The first-order valence-corrected chi connectivity index (χ1v) is 6.01. The molecule has 0 bridgehead atoms. The molecule has 4 atom stereocenters. The van der Waals surface area contributed by atoms with E-state index in [1.807, 2.05) is 0 Å². The molecule has 0 unspecified atom stereocenters. The van der Waals surface area contributed by atoms with Crippen LogP contribution in [-0.4, -0.2) is 54.8 Å². The van der Waals surface area contributed by atoms with E-state index in [4.69, 9.17) is 15.6 Å². The molecule has 1 fully saturated rings. The third-order valence-corrected chi connectivity index (χ3v) is 3.39. The lowest BCUT2D eigenvalue weighted by molar-refractivity contribution is -0.0508. The quantitative estimate of drug-likeness (QED) is 0.424. The lowest BCUT2D eigenvalue weighted by Gasteiger charge is -2.17. The van der Waals surface area contributed by atoms with Crippen molar-refractivity contribution >= 4 is 17.0 Å². The fourth-order valence-electron chi connectivity index (χ4n) is 2.38. The molecule has 0 spiro atoms. The zero-order chi connectivity index (χ0) is 14.4. The fraction of sp³-hybridized carbons (Fsp3) is 0.455. The molecule has 0 aromatic carbocycles. The molecular weight excluding hydrogens is 268 g/mol. The molecule has 9 nitrogen and oxygen atoms in total. The molecule has 6 N–H and O–H groups in total. The van der Waals surface area contributed by atoms with Gasteiger partial charge in [0, 0.05) is 6.20 Å². The number of nitrogen functional groups attached to an aromatic ring is 1. The Bertz CT molecular complexity index is 696. The van der Waals surface area contributed by atoms with Gasteiger partial charge in [0.25, 0.3) is 5.56 Å². The van der Waals surface area contributed by atoms with Gasteiger partial charge < -0.3 is 30.4 Å². The van der Waals surface area contributed by atoms with E-state index in [0.29, 0.717) is 0 Å². The Morgan fingerprint density at radius 2 is 2.20 bits per heavy atom. The van der Waals surface area contributed by atoms with E-state index in [-0.39, 0.29) is 17.0 Å². The maximum absolute atomic E-state index is 11.7. The summed E-state index contributed by atoms with van der Waals surface area (Å²) in [7, 11) is 0. The van der Waals surface area contributed by atoms with Crippen LogP contribution in [0, 0.1) is 0 Å². The van der Waals surface area contributed by atoms with Crippen LogP contribution in [0.2, 0.25) is 0 Å². The van der Waals surface area contributed by atoms with Crippen LogP contribution in [0.1, 0.15) is 6.23 Å². The molecular formula is C11H14N4O5. The largest absolute Gasteiger partial charge is 0.394 e. The van der Waals surface area contributed by atoms with E-state index in [2.05, 4.69) is 9.97 Å². The highest BCUT2D eigenvalue weighted by Crippen LogP contribution is 2.31. The number of nitrogens with two attached hydrogens (primary N) is 1. The molecule has 1 saturated heterocycles. The highest BCUT2D eigenvalue weighted by Gasteiger charge is 2.43. The van der Waals surface area contributed by atoms with Crippen molar-refractivity contribution in [3.8, 4) is 0 Å². The van der Waals surface area contributed by atoms with Crippen molar-refractivity contribution in [2.75, 3.05) is 12.3 Å². The smallest absolute Gasteiger partial charge is 0.261 e. The van der Waals surface area contributed by atoms with E-state index in [9.17, 15) is 15.0 Å². The van der Waals surface area contributed by atoms with Gasteiger partial charge in [-0.3, -0.25) is 9.78 Å². The Kier molecular flexibility index (Phi) is 2.98. The number of hydrogen-bond acceptors (Lipinski definition) is 7. The number of H-pyrrole nitrogens is 1. The van der Waals surface area contributed by atoms with E-state index < -0.39 is 36.7 Å². The highest BCUT2D eigenvalue weighted by atomic mass is 16.6. The highest BCUT2D eigenvalue weighted by molar-refractivity contribution is 5.76. The van der Waals surface area contributed by atoms with Gasteiger partial charge in [0.1, 0.15) is 18.3 Å². The lowest BCUT2D eigenvalue weighted by Crippen LogP contribution is -2.33. The van der Waals surface area contributed by atoms with Crippen LogP contribution in [-0.2, 0) is 4.74 Å². The first-order valence-electron chi connectivity index (χ1n) is 6.01. The minimum Gasteiger partial charge on any atom is -0.394 e. The van der Waals surface area contributed by atoms with Crippen LogP contribution in [0.4, 0.5) is 5.95 Å². The molecule has 108 valence electrons. The average molecular weight is 282 g/mol. The predicted octanol–water partition coefficient (Wildman–Crippen LogP) is -2.08. The Labute approximate surface area is 112 Å². The fourth-order valence-corrected chi connectivity index (χ4v) is 2.38. The number of nitrogens with one attached hydrogen (secondary N) is 1. The summed E-state index contributed by atoms with van der Waals surface area (Å²) in [6.45, 7) is -0.427. The maximum Gasteiger partial charge on any atom is 0.261 e. The summed E-state index contributed by atoms with van der Waals surface area (Å²) in [4.78, 5) is 18.1. The minimum atomic E-state index is -1.25. The van der Waals surface area contributed by atoms with E-state index in [1.165, 1.54) is 16.8 Å². The number of anilines is 1. The van der Waals surface area contributed by atoms with Gasteiger partial charge in [0.05, 0.1) is 12.0 Å². The Morgan fingerprint density at radius 3 is 2.85 bits per heavy atom. The average Bonchev–Trinajstić information content (AvgIpc) is 2.93. The molecule has 20 heavy (non-hydrogen) atoms. The van der Waals surface area contributed by atoms with Crippen LogP contribution >= 0.6 is 0 Å². The summed E-state index contributed by atoms with van der Waals surface area (Å²) in [5.74, 6) is -0.0609. The third-order valence-electron chi connectivity index (χ3n) is 3.39. The molecule has 0 amide bonds. The number of hydrogen-bond donors (Lipinski definition) is 5. The second-order valence-electron chi connectivity index (χ2n) is 4.64. The van der Waals surface area contributed by atoms with Crippen molar-refractivity contribution in [3.05, 3.63) is 22.6 Å². The molecule has 0 aliphatic carbocycles. The van der Waals surface area contributed by atoms with Gasteiger partial charge in [-0.25, -0.2) is 0 Å². The van der Waals surface area contributed by atoms with Crippen LogP contribution in [0.25, 0.3) is 11.0 Å². The molecule has 2 aromatic heterocycles. The topological polar surface area (TPSA) is 147 Å². The van der Waals surface area contributed by atoms with Gasteiger partial charge in [-0.05, 0) is 6.07 Å². The van der Waals surface area contributed by atoms with Crippen molar-refractivity contribution in [3.63, 3.8) is 0 Å². The first kappa shape index (κ1) is 13.1. The number of aliphatic hydroxyl groups is 3. The van der Waals surface area contributed by atoms with Crippen LogP contribution in [0.3, 0.4) is 0 Å². The molecule has 1 aliphatic rings. The standard InChI is InChI=1S/C11H14N4O5/c12-11-13-8-4(9(19)14-11)1-2-15(8)10-7(18)6(17)5(3-16)20-10/h1-2,5-7,10,16-18H,3H2,(H3,12,13,14,19)/t5-,6-,7+,10-/m1/s1. The number of ether oxygens (including phenoxy) is 1. The van der Waals surface area contributed by atoms with Gasteiger partial charge in [-0.15, -0.1) is 0 Å². The molecule has 0 radical (unpaired) electrons. The van der Waals surface area contributed by atoms with Crippen molar-refractivity contribution in [1.29, 1.82) is 0 Å². The van der Waals surface area contributed by atoms with E-state index in [0.717, 1.165) is 0 Å². The number of rotatable bonds is 2. The molecule has 2 aromatic rings.